The van der Waals surface area contributed by atoms with E-state index in [-0.39, 0.29) is 41.8 Å². The van der Waals surface area contributed by atoms with Gasteiger partial charge in [-0.05, 0) is 25.0 Å². The number of benzene rings is 2. The number of hydrazone groups is 2. The van der Waals surface area contributed by atoms with E-state index >= 15 is 0 Å². The van der Waals surface area contributed by atoms with Crippen LogP contribution >= 0.6 is 0 Å². The molecule has 0 aliphatic rings. The molecule has 2 aromatic carbocycles. The molecular formula is C21H23N5O3. The molecule has 0 heterocycles. The highest BCUT2D eigenvalue weighted by molar-refractivity contribution is 6.67. The van der Waals surface area contributed by atoms with Crippen molar-refractivity contribution >= 4 is 28.9 Å². The minimum atomic E-state index is -0.307. The first-order chi connectivity index (χ1) is 14.0. The van der Waals surface area contributed by atoms with Gasteiger partial charge in [0.1, 0.15) is 5.71 Å². The second-order valence-corrected chi connectivity index (χ2v) is 6.24. The molecule has 0 aliphatic heterocycles. The monoisotopic (exact) mass is 393 g/mol. The summed E-state index contributed by atoms with van der Waals surface area (Å²) >= 11 is 0. The second-order valence-electron chi connectivity index (χ2n) is 6.24. The molecule has 8 nitrogen and oxygen atoms in total. The van der Waals surface area contributed by atoms with E-state index in [0.717, 1.165) is 11.1 Å². The maximum absolute atomic E-state index is 12.0. The van der Waals surface area contributed by atoms with Gasteiger partial charge in [-0.2, -0.15) is 10.2 Å². The Morgan fingerprint density at radius 2 is 1.14 bits per heavy atom. The fourth-order valence-electron chi connectivity index (χ4n) is 2.45. The van der Waals surface area contributed by atoms with Gasteiger partial charge in [0.05, 0.1) is 24.3 Å². The minimum absolute atomic E-state index is 0.0463. The summed E-state index contributed by atoms with van der Waals surface area (Å²) in [6.07, 6.45) is 0.345. The van der Waals surface area contributed by atoms with E-state index in [1.807, 2.05) is 60.7 Å². The number of oxime groups is 1. The van der Waals surface area contributed by atoms with Crippen LogP contribution in [0.3, 0.4) is 0 Å². The van der Waals surface area contributed by atoms with Crippen molar-refractivity contribution in [1.29, 1.82) is 0 Å². The van der Waals surface area contributed by atoms with E-state index in [0.29, 0.717) is 0 Å². The first-order valence-corrected chi connectivity index (χ1v) is 8.96. The van der Waals surface area contributed by atoms with Crippen LogP contribution in [0, 0.1) is 0 Å². The average molecular weight is 393 g/mol. The van der Waals surface area contributed by atoms with Crippen LogP contribution in [0.2, 0.25) is 0 Å². The number of nitrogens with one attached hydrogen (secondary N) is 2. The maximum Gasteiger partial charge on any atom is 0.244 e. The summed E-state index contributed by atoms with van der Waals surface area (Å²) in [5, 5.41) is 20.3. The van der Waals surface area contributed by atoms with Crippen LogP contribution < -0.4 is 10.9 Å². The summed E-state index contributed by atoms with van der Waals surface area (Å²) in [5.74, 6) is -0.614. The van der Waals surface area contributed by atoms with Gasteiger partial charge in [0.25, 0.3) is 0 Å². The fraction of sp³-hybridized carbons (Fsp3) is 0.190. The third-order valence-corrected chi connectivity index (χ3v) is 3.90. The Labute approximate surface area is 169 Å². The first kappa shape index (κ1) is 21.5. The Kier molecular flexibility index (Phi) is 8.25. The van der Waals surface area contributed by atoms with Crippen molar-refractivity contribution in [3.63, 3.8) is 0 Å². The van der Waals surface area contributed by atoms with Gasteiger partial charge in [-0.3, -0.25) is 9.59 Å². The van der Waals surface area contributed by atoms with E-state index in [1.54, 1.807) is 13.8 Å². The van der Waals surface area contributed by atoms with E-state index in [1.165, 1.54) is 0 Å². The van der Waals surface area contributed by atoms with E-state index < -0.39 is 0 Å². The van der Waals surface area contributed by atoms with Crippen molar-refractivity contribution in [1.82, 2.24) is 10.9 Å². The molecule has 0 saturated heterocycles. The summed E-state index contributed by atoms with van der Waals surface area (Å²) in [6, 6.07) is 18.5. The minimum Gasteiger partial charge on any atom is -0.410 e. The molecule has 2 aromatic rings. The van der Waals surface area contributed by atoms with Crippen LogP contribution in [0.1, 0.15) is 25.0 Å². The van der Waals surface area contributed by atoms with Crippen molar-refractivity contribution in [2.24, 2.45) is 15.4 Å². The van der Waals surface area contributed by atoms with Crippen molar-refractivity contribution in [3.05, 3.63) is 71.8 Å². The number of carbonyl (C=O) groups is 2. The number of hydrogen-bond acceptors (Lipinski definition) is 6. The molecule has 8 heteroatoms. The Hall–Kier alpha value is -3.81. The summed E-state index contributed by atoms with van der Waals surface area (Å²) in [4.78, 5) is 24.0. The lowest BCUT2D eigenvalue weighted by Crippen LogP contribution is -2.29. The van der Waals surface area contributed by atoms with E-state index in [4.69, 9.17) is 0 Å². The summed E-state index contributed by atoms with van der Waals surface area (Å²) in [7, 11) is 0. The van der Waals surface area contributed by atoms with Gasteiger partial charge in [-0.25, -0.2) is 10.9 Å². The Morgan fingerprint density at radius 1 is 0.759 bits per heavy atom. The molecule has 0 aliphatic carbocycles. The third-order valence-electron chi connectivity index (χ3n) is 3.90. The number of nitrogens with zero attached hydrogens (tertiary/aromatic N) is 3. The highest BCUT2D eigenvalue weighted by Gasteiger charge is 2.11. The van der Waals surface area contributed by atoms with Gasteiger partial charge in [-0.1, -0.05) is 65.8 Å². The SMILES string of the molecule is C/C(=N/NC(=O)Cc1ccccc1)C(=NO)/C(C)=N\NC(=O)Cc1ccccc1. The lowest BCUT2D eigenvalue weighted by molar-refractivity contribution is -0.121. The van der Waals surface area contributed by atoms with Crippen molar-refractivity contribution in [2.75, 3.05) is 0 Å². The molecule has 3 N–H and O–H groups in total. The van der Waals surface area contributed by atoms with Crippen LogP contribution in [-0.4, -0.2) is 34.2 Å². The summed E-state index contributed by atoms with van der Waals surface area (Å²) < 4.78 is 0. The second kappa shape index (κ2) is 11.1. The molecule has 0 saturated carbocycles. The molecule has 150 valence electrons. The van der Waals surface area contributed by atoms with E-state index in [2.05, 4.69) is 26.2 Å². The van der Waals surface area contributed by atoms with Crippen molar-refractivity contribution in [2.45, 2.75) is 26.7 Å². The maximum atomic E-state index is 12.0. The molecule has 0 atom stereocenters. The van der Waals surface area contributed by atoms with Crippen LogP contribution in [0.25, 0.3) is 0 Å². The van der Waals surface area contributed by atoms with Gasteiger partial charge in [0, 0.05) is 0 Å². The number of carbonyl (C=O) groups excluding carboxylic acids is 2. The average Bonchev–Trinajstić information content (AvgIpc) is 2.73. The smallest absolute Gasteiger partial charge is 0.244 e. The molecule has 0 radical (unpaired) electrons. The third kappa shape index (κ3) is 7.37. The Morgan fingerprint density at radius 3 is 1.48 bits per heavy atom. The number of amides is 2. The fourth-order valence-corrected chi connectivity index (χ4v) is 2.45. The van der Waals surface area contributed by atoms with Gasteiger partial charge in [0.2, 0.25) is 11.8 Å². The zero-order chi connectivity index (χ0) is 21.1. The lowest BCUT2D eigenvalue weighted by atomic mass is 10.1. The topological polar surface area (TPSA) is 116 Å². The first-order valence-electron chi connectivity index (χ1n) is 8.96. The Bertz CT molecular complexity index is 848. The predicted molar refractivity (Wildman–Crippen MR) is 112 cm³/mol. The zero-order valence-corrected chi connectivity index (χ0v) is 16.3. The molecule has 0 aromatic heterocycles. The molecule has 0 unspecified atom stereocenters. The van der Waals surface area contributed by atoms with Gasteiger partial charge < -0.3 is 5.21 Å². The Balaban J connectivity index is 1.92. The zero-order valence-electron chi connectivity index (χ0n) is 16.3. The molecule has 0 bridgehead atoms. The number of rotatable bonds is 8. The molecule has 0 spiro atoms. The summed E-state index contributed by atoms with van der Waals surface area (Å²) in [5.41, 5.74) is 7.07. The standard InChI is InChI=1S/C21H23N5O3/c1-15(22-24-19(27)13-17-9-5-3-6-10-17)21(26-29)16(2)23-25-20(28)14-18-11-7-4-8-12-18/h3-12,29H,13-14H2,1-2H3,(H,24,27)(H,25,28)/b22-15-,23-16-. The highest BCUT2D eigenvalue weighted by atomic mass is 16.4. The quantitative estimate of drug-likeness (QED) is 0.363. The molecule has 29 heavy (non-hydrogen) atoms. The largest absolute Gasteiger partial charge is 0.410 e. The predicted octanol–water partition coefficient (Wildman–Crippen LogP) is 2.29. The van der Waals surface area contributed by atoms with Crippen LogP contribution in [0.4, 0.5) is 0 Å². The van der Waals surface area contributed by atoms with Crippen LogP contribution in [-0.2, 0) is 22.4 Å². The molecule has 0 fully saturated rings. The van der Waals surface area contributed by atoms with Crippen LogP contribution in [0.15, 0.2) is 76.0 Å². The van der Waals surface area contributed by atoms with Crippen molar-refractivity contribution < 1.29 is 14.8 Å². The van der Waals surface area contributed by atoms with Gasteiger partial charge in [-0.15, -0.1) is 0 Å². The molecule has 2 amide bonds. The molecular weight excluding hydrogens is 370 g/mol. The highest BCUT2D eigenvalue weighted by Crippen LogP contribution is 2.00. The normalized spacial score (nSPS) is 11.5. The van der Waals surface area contributed by atoms with E-state index in [9.17, 15) is 14.8 Å². The van der Waals surface area contributed by atoms with Crippen LogP contribution in [0.5, 0.6) is 0 Å². The molecule has 2 rings (SSSR count). The summed E-state index contributed by atoms with van der Waals surface area (Å²) in [6.45, 7) is 3.12. The van der Waals surface area contributed by atoms with Gasteiger partial charge in [0.15, 0.2) is 0 Å². The van der Waals surface area contributed by atoms with Gasteiger partial charge >= 0.3 is 0 Å². The van der Waals surface area contributed by atoms with Crippen molar-refractivity contribution in [3.8, 4) is 0 Å². The lowest BCUT2D eigenvalue weighted by Gasteiger charge is -2.06. The number of hydrogen-bond donors (Lipinski definition) is 3.